The molecule has 1 aromatic carbocycles. The first-order chi connectivity index (χ1) is 9.24. The van der Waals surface area contributed by atoms with E-state index >= 15 is 0 Å². The van der Waals surface area contributed by atoms with Gasteiger partial charge in [-0.15, -0.1) is 0 Å². The molecule has 0 radical (unpaired) electrons. The molecule has 0 aliphatic heterocycles. The molecule has 104 valence electrons. The van der Waals surface area contributed by atoms with Crippen molar-refractivity contribution in [3.05, 3.63) is 35.4 Å². The second-order valence-corrected chi connectivity index (χ2v) is 5.24. The summed E-state index contributed by atoms with van der Waals surface area (Å²) in [6, 6.07) is 7.35. The second-order valence-electron chi connectivity index (χ2n) is 5.24. The number of carbonyl (C=O) groups is 1. The first-order valence-electron chi connectivity index (χ1n) is 6.92. The normalized spacial score (nSPS) is 22.4. The van der Waals surface area contributed by atoms with Crippen LogP contribution in [0.25, 0.3) is 0 Å². The topological polar surface area (TPSA) is 75.4 Å². The first-order valence-corrected chi connectivity index (χ1v) is 6.92. The predicted octanol–water partition coefficient (Wildman–Crippen LogP) is 1.28. The zero-order chi connectivity index (χ0) is 13.7. The van der Waals surface area contributed by atoms with Crippen molar-refractivity contribution in [2.75, 3.05) is 13.2 Å². The largest absolute Gasteiger partial charge is 0.396 e. The minimum atomic E-state index is -0.0489. The number of amides is 1. The van der Waals surface area contributed by atoms with Gasteiger partial charge in [0.25, 0.3) is 5.91 Å². The van der Waals surface area contributed by atoms with Crippen molar-refractivity contribution in [1.29, 1.82) is 0 Å². The number of hydrogen-bond acceptors (Lipinski definition) is 3. The van der Waals surface area contributed by atoms with E-state index in [-0.39, 0.29) is 12.5 Å². The summed E-state index contributed by atoms with van der Waals surface area (Å²) in [5, 5.41) is 12.2. The van der Waals surface area contributed by atoms with Gasteiger partial charge in [-0.25, -0.2) is 0 Å². The molecule has 4 nitrogen and oxygen atoms in total. The van der Waals surface area contributed by atoms with Crippen LogP contribution in [0.15, 0.2) is 24.3 Å². The maximum absolute atomic E-state index is 12.0. The number of carbonyl (C=O) groups excluding carboxylic acids is 1. The monoisotopic (exact) mass is 262 g/mol. The highest BCUT2D eigenvalue weighted by Gasteiger charge is 2.26. The van der Waals surface area contributed by atoms with E-state index in [1.165, 1.54) is 0 Å². The molecule has 0 heterocycles. The van der Waals surface area contributed by atoms with Gasteiger partial charge in [-0.05, 0) is 42.4 Å². The Hall–Kier alpha value is -1.39. The van der Waals surface area contributed by atoms with Gasteiger partial charge in [0.1, 0.15) is 0 Å². The number of benzene rings is 1. The fourth-order valence-electron chi connectivity index (χ4n) is 2.74. The van der Waals surface area contributed by atoms with Gasteiger partial charge in [0, 0.05) is 25.3 Å². The lowest BCUT2D eigenvalue weighted by molar-refractivity contribution is 0.0937. The molecular formula is C15H22N2O2. The van der Waals surface area contributed by atoms with E-state index in [9.17, 15) is 9.90 Å². The van der Waals surface area contributed by atoms with Crippen molar-refractivity contribution < 1.29 is 9.90 Å². The van der Waals surface area contributed by atoms with Crippen LogP contribution in [0.2, 0.25) is 0 Å². The van der Waals surface area contributed by atoms with Crippen LogP contribution >= 0.6 is 0 Å². The van der Waals surface area contributed by atoms with E-state index in [1.807, 2.05) is 12.1 Å². The summed E-state index contributed by atoms with van der Waals surface area (Å²) in [4.78, 5) is 12.0. The predicted molar refractivity (Wildman–Crippen MR) is 74.6 cm³/mol. The summed E-state index contributed by atoms with van der Waals surface area (Å²) in [6.07, 6.45) is 3.32. The van der Waals surface area contributed by atoms with Crippen molar-refractivity contribution in [2.24, 2.45) is 17.6 Å². The summed E-state index contributed by atoms with van der Waals surface area (Å²) >= 11 is 0. The fraction of sp³-hybridized carbons (Fsp3) is 0.533. The second kappa shape index (κ2) is 6.68. The third-order valence-corrected chi connectivity index (χ3v) is 4.03. The lowest BCUT2D eigenvalue weighted by atomic mass is 9.97. The molecule has 4 heteroatoms. The molecule has 1 amide bonds. The average molecular weight is 262 g/mol. The van der Waals surface area contributed by atoms with Gasteiger partial charge in [-0.3, -0.25) is 4.79 Å². The molecule has 1 saturated carbocycles. The molecule has 1 aliphatic rings. The maximum atomic E-state index is 12.0. The Bertz CT molecular complexity index is 417. The Balaban J connectivity index is 1.86. The molecule has 0 aromatic heterocycles. The van der Waals surface area contributed by atoms with Gasteiger partial charge in [-0.1, -0.05) is 18.6 Å². The highest BCUT2D eigenvalue weighted by Crippen LogP contribution is 2.30. The smallest absolute Gasteiger partial charge is 0.251 e. The Morgan fingerprint density at radius 3 is 2.58 bits per heavy atom. The van der Waals surface area contributed by atoms with Crippen molar-refractivity contribution >= 4 is 5.91 Å². The first kappa shape index (κ1) is 14.0. The molecule has 1 aliphatic carbocycles. The molecule has 2 atom stereocenters. The lowest BCUT2D eigenvalue weighted by Crippen LogP contribution is -2.31. The zero-order valence-electron chi connectivity index (χ0n) is 11.1. The molecule has 2 rings (SSSR count). The lowest BCUT2D eigenvalue weighted by Gasteiger charge is -2.17. The molecule has 2 unspecified atom stereocenters. The van der Waals surface area contributed by atoms with Crippen molar-refractivity contribution in [1.82, 2.24) is 5.32 Å². The Morgan fingerprint density at radius 1 is 1.26 bits per heavy atom. The quantitative estimate of drug-likeness (QED) is 0.748. The van der Waals surface area contributed by atoms with Crippen LogP contribution in [-0.4, -0.2) is 24.2 Å². The van der Waals surface area contributed by atoms with Crippen LogP contribution in [-0.2, 0) is 6.54 Å². The molecule has 0 bridgehead atoms. The van der Waals surface area contributed by atoms with Crippen LogP contribution in [0, 0.1) is 11.8 Å². The van der Waals surface area contributed by atoms with Crippen LogP contribution in [0.5, 0.6) is 0 Å². The average Bonchev–Trinajstić information content (AvgIpc) is 2.92. The number of nitrogens with two attached hydrogens (primary N) is 1. The number of rotatable bonds is 5. The van der Waals surface area contributed by atoms with E-state index < -0.39 is 0 Å². The highest BCUT2D eigenvalue weighted by molar-refractivity contribution is 5.94. The van der Waals surface area contributed by atoms with Crippen molar-refractivity contribution in [3.8, 4) is 0 Å². The van der Waals surface area contributed by atoms with Crippen LogP contribution in [0.4, 0.5) is 0 Å². The van der Waals surface area contributed by atoms with Gasteiger partial charge in [0.2, 0.25) is 0 Å². The standard InChI is InChI=1S/C15H22N2O2/c16-8-11-4-6-12(7-5-11)15(19)17-9-13-2-1-3-14(13)10-18/h4-7,13-14,18H,1-3,8-10,16H2,(H,17,19). The summed E-state index contributed by atoms with van der Waals surface area (Å²) in [5.74, 6) is 0.712. The summed E-state index contributed by atoms with van der Waals surface area (Å²) in [6.45, 7) is 1.37. The Kier molecular flexibility index (Phi) is 4.93. The molecule has 0 saturated heterocycles. The summed E-state index contributed by atoms with van der Waals surface area (Å²) < 4.78 is 0. The van der Waals surface area contributed by atoms with Crippen molar-refractivity contribution in [3.63, 3.8) is 0 Å². The summed E-state index contributed by atoms with van der Waals surface area (Å²) in [5.41, 5.74) is 7.21. The van der Waals surface area contributed by atoms with E-state index in [4.69, 9.17) is 5.73 Å². The highest BCUT2D eigenvalue weighted by atomic mass is 16.3. The number of hydrogen-bond donors (Lipinski definition) is 3. The van der Waals surface area contributed by atoms with Gasteiger partial charge in [0.15, 0.2) is 0 Å². The summed E-state index contributed by atoms with van der Waals surface area (Å²) in [7, 11) is 0. The number of aliphatic hydroxyl groups excluding tert-OH is 1. The van der Waals surface area contributed by atoms with Gasteiger partial charge >= 0.3 is 0 Å². The fourth-order valence-corrected chi connectivity index (χ4v) is 2.74. The maximum Gasteiger partial charge on any atom is 0.251 e. The van der Waals surface area contributed by atoms with Gasteiger partial charge < -0.3 is 16.2 Å². The van der Waals surface area contributed by atoms with Gasteiger partial charge in [-0.2, -0.15) is 0 Å². The Labute approximate surface area is 114 Å². The number of aliphatic hydroxyl groups is 1. The van der Waals surface area contributed by atoms with E-state index in [0.717, 1.165) is 24.8 Å². The molecule has 1 aromatic rings. The molecule has 0 spiro atoms. The Morgan fingerprint density at radius 2 is 1.95 bits per heavy atom. The molecule has 1 fully saturated rings. The minimum Gasteiger partial charge on any atom is -0.396 e. The van der Waals surface area contributed by atoms with Crippen LogP contribution in [0.1, 0.15) is 35.2 Å². The van der Waals surface area contributed by atoms with E-state index in [1.54, 1.807) is 12.1 Å². The zero-order valence-corrected chi connectivity index (χ0v) is 11.1. The number of nitrogens with one attached hydrogen (secondary N) is 1. The molecular weight excluding hydrogens is 240 g/mol. The SMILES string of the molecule is NCc1ccc(C(=O)NCC2CCCC2CO)cc1. The van der Waals surface area contributed by atoms with Crippen LogP contribution in [0.3, 0.4) is 0 Å². The third kappa shape index (κ3) is 3.55. The van der Waals surface area contributed by atoms with Crippen molar-refractivity contribution in [2.45, 2.75) is 25.8 Å². The van der Waals surface area contributed by atoms with E-state index in [2.05, 4.69) is 5.32 Å². The van der Waals surface area contributed by atoms with Crippen LogP contribution < -0.4 is 11.1 Å². The van der Waals surface area contributed by atoms with Gasteiger partial charge in [0.05, 0.1) is 0 Å². The van der Waals surface area contributed by atoms with E-state index in [0.29, 0.717) is 30.5 Å². The minimum absolute atomic E-state index is 0.0489. The molecule has 4 N–H and O–H groups in total. The molecule has 19 heavy (non-hydrogen) atoms. The third-order valence-electron chi connectivity index (χ3n) is 4.03.